The van der Waals surface area contributed by atoms with E-state index in [9.17, 15) is 14.4 Å². The van der Waals surface area contributed by atoms with Gasteiger partial charge in [0.25, 0.3) is 0 Å². The molecule has 0 rings (SSSR count). The van der Waals surface area contributed by atoms with Crippen LogP contribution in [0.25, 0.3) is 0 Å². The van der Waals surface area contributed by atoms with E-state index in [0.29, 0.717) is 6.29 Å². The Kier molecular flexibility index (Phi) is 5.97. The summed E-state index contributed by atoms with van der Waals surface area (Å²) in [4.78, 5) is 31.4. The first-order valence-electron chi connectivity index (χ1n) is 3.86. The molecule has 0 bridgehead atoms. The average molecular weight is 201 g/mol. The van der Waals surface area contributed by atoms with Crippen LogP contribution in [-0.2, 0) is 14.4 Å². The van der Waals surface area contributed by atoms with Crippen LogP contribution in [-0.4, -0.2) is 40.9 Å². The summed E-state index contributed by atoms with van der Waals surface area (Å²) in [6.45, 7) is -0.401. The van der Waals surface area contributed by atoms with E-state index in [1.54, 1.807) is 0 Å². The molecule has 0 saturated heterocycles. The molecule has 78 valence electrons. The standard InChI is InChI=1S/C8H11NO5/c10-4-1-3-9-7(8(13)14)6(12)2-5-11/h1,3-4,7,9,11H,2,5H2,(H,13,14)/b3-1-/t7-/m1/s1. The minimum atomic E-state index is -1.42. The molecule has 6 heteroatoms. The Morgan fingerprint density at radius 2 is 2.07 bits per heavy atom. The molecule has 0 aliphatic rings. The summed E-state index contributed by atoms with van der Waals surface area (Å²) < 4.78 is 0. The van der Waals surface area contributed by atoms with Gasteiger partial charge in [0.15, 0.2) is 11.8 Å². The number of aliphatic hydroxyl groups excluding tert-OH is 1. The molecule has 14 heavy (non-hydrogen) atoms. The molecule has 0 aliphatic carbocycles. The number of allylic oxidation sites excluding steroid dienone is 1. The van der Waals surface area contributed by atoms with Gasteiger partial charge in [-0.05, 0) is 6.08 Å². The van der Waals surface area contributed by atoms with E-state index in [2.05, 4.69) is 5.32 Å². The van der Waals surface area contributed by atoms with Crippen molar-refractivity contribution in [2.24, 2.45) is 0 Å². The van der Waals surface area contributed by atoms with Crippen LogP contribution in [0.1, 0.15) is 6.42 Å². The van der Waals surface area contributed by atoms with Crippen LogP contribution in [0.5, 0.6) is 0 Å². The molecule has 0 heterocycles. The second-order valence-corrected chi connectivity index (χ2v) is 2.37. The van der Waals surface area contributed by atoms with Gasteiger partial charge in [0.05, 0.1) is 6.61 Å². The quantitative estimate of drug-likeness (QED) is 0.268. The zero-order chi connectivity index (χ0) is 11.0. The van der Waals surface area contributed by atoms with Crippen molar-refractivity contribution in [3.8, 4) is 0 Å². The van der Waals surface area contributed by atoms with E-state index in [1.165, 1.54) is 0 Å². The van der Waals surface area contributed by atoms with Gasteiger partial charge in [-0.3, -0.25) is 9.59 Å². The molecule has 0 fully saturated rings. The smallest absolute Gasteiger partial charge is 0.333 e. The number of ketones is 1. The van der Waals surface area contributed by atoms with Gasteiger partial charge in [0.2, 0.25) is 0 Å². The number of aliphatic hydroxyl groups is 1. The Balaban J connectivity index is 4.28. The SMILES string of the molecule is O=C/C=C\N[C@@H](C(=O)O)C(=O)CCO. The number of carboxylic acid groups (broad SMARTS) is 1. The Bertz CT molecular complexity index is 248. The van der Waals surface area contributed by atoms with Gasteiger partial charge in [0, 0.05) is 12.6 Å². The molecule has 0 aromatic heterocycles. The number of nitrogens with one attached hydrogen (secondary N) is 1. The van der Waals surface area contributed by atoms with E-state index < -0.39 is 24.4 Å². The van der Waals surface area contributed by atoms with Gasteiger partial charge in [-0.25, -0.2) is 4.79 Å². The largest absolute Gasteiger partial charge is 0.479 e. The van der Waals surface area contributed by atoms with E-state index in [0.717, 1.165) is 12.3 Å². The number of hydrogen-bond donors (Lipinski definition) is 3. The third kappa shape index (κ3) is 4.36. The zero-order valence-corrected chi connectivity index (χ0v) is 7.34. The number of hydrogen-bond acceptors (Lipinski definition) is 5. The number of aliphatic carboxylic acids is 1. The van der Waals surface area contributed by atoms with Crippen LogP contribution < -0.4 is 5.32 Å². The number of carboxylic acids is 1. The number of aldehydes is 1. The highest BCUT2D eigenvalue weighted by atomic mass is 16.4. The first kappa shape index (κ1) is 12.3. The van der Waals surface area contributed by atoms with E-state index in [4.69, 9.17) is 10.2 Å². The van der Waals surface area contributed by atoms with Crippen molar-refractivity contribution in [1.29, 1.82) is 0 Å². The van der Waals surface area contributed by atoms with Crippen molar-refractivity contribution in [3.63, 3.8) is 0 Å². The summed E-state index contributed by atoms with van der Waals surface area (Å²) in [7, 11) is 0. The average Bonchev–Trinajstić information content (AvgIpc) is 2.12. The van der Waals surface area contributed by atoms with Gasteiger partial charge in [-0.2, -0.15) is 0 Å². The lowest BCUT2D eigenvalue weighted by atomic mass is 10.1. The molecule has 0 amide bonds. The van der Waals surface area contributed by atoms with Crippen molar-refractivity contribution >= 4 is 18.0 Å². The van der Waals surface area contributed by atoms with E-state index in [-0.39, 0.29) is 6.42 Å². The first-order valence-corrected chi connectivity index (χ1v) is 3.86. The zero-order valence-electron chi connectivity index (χ0n) is 7.34. The van der Waals surface area contributed by atoms with Crippen molar-refractivity contribution in [3.05, 3.63) is 12.3 Å². The normalized spacial score (nSPS) is 12.4. The monoisotopic (exact) mass is 201 g/mol. The predicted molar refractivity (Wildman–Crippen MR) is 46.5 cm³/mol. The molecule has 1 atom stereocenters. The molecular formula is C8H11NO5. The van der Waals surface area contributed by atoms with E-state index >= 15 is 0 Å². The fraction of sp³-hybridized carbons (Fsp3) is 0.375. The highest BCUT2D eigenvalue weighted by Gasteiger charge is 2.23. The Morgan fingerprint density at radius 3 is 2.50 bits per heavy atom. The van der Waals surface area contributed by atoms with Crippen molar-refractivity contribution in [1.82, 2.24) is 5.32 Å². The molecular weight excluding hydrogens is 190 g/mol. The molecule has 0 spiro atoms. The van der Waals surface area contributed by atoms with Gasteiger partial charge in [-0.1, -0.05) is 0 Å². The minimum Gasteiger partial charge on any atom is -0.479 e. The Hall–Kier alpha value is -1.69. The van der Waals surface area contributed by atoms with Crippen LogP contribution in [0.2, 0.25) is 0 Å². The predicted octanol–water partition coefficient (Wildman–Crippen LogP) is -1.31. The minimum absolute atomic E-state index is 0.237. The topological polar surface area (TPSA) is 104 Å². The first-order chi connectivity index (χ1) is 6.63. The second kappa shape index (κ2) is 6.79. The van der Waals surface area contributed by atoms with Crippen molar-refractivity contribution in [2.45, 2.75) is 12.5 Å². The summed E-state index contributed by atoms with van der Waals surface area (Å²) in [5.41, 5.74) is 0. The number of carbonyl (C=O) groups is 3. The van der Waals surface area contributed by atoms with Gasteiger partial charge < -0.3 is 15.5 Å². The molecule has 0 saturated carbocycles. The van der Waals surface area contributed by atoms with Gasteiger partial charge in [-0.15, -0.1) is 0 Å². The highest BCUT2D eigenvalue weighted by molar-refractivity contribution is 6.02. The lowest BCUT2D eigenvalue weighted by Crippen LogP contribution is -2.41. The van der Waals surface area contributed by atoms with Crippen LogP contribution >= 0.6 is 0 Å². The van der Waals surface area contributed by atoms with Crippen LogP contribution in [0, 0.1) is 0 Å². The van der Waals surface area contributed by atoms with Crippen LogP contribution in [0.4, 0.5) is 0 Å². The van der Waals surface area contributed by atoms with Gasteiger partial charge >= 0.3 is 5.97 Å². The maximum atomic E-state index is 11.1. The lowest BCUT2D eigenvalue weighted by molar-refractivity contribution is -0.143. The summed E-state index contributed by atoms with van der Waals surface area (Å²) in [5.74, 6) is -1.99. The molecule has 0 radical (unpaired) electrons. The number of carbonyl (C=O) groups excluding carboxylic acids is 2. The molecule has 3 N–H and O–H groups in total. The molecule has 0 aromatic rings. The van der Waals surface area contributed by atoms with Crippen LogP contribution in [0.15, 0.2) is 12.3 Å². The number of rotatable bonds is 7. The second-order valence-electron chi connectivity index (χ2n) is 2.37. The fourth-order valence-corrected chi connectivity index (χ4v) is 0.748. The molecule has 0 unspecified atom stereocenters. The third-order valence-corrected chi connectivity index (χ3v) is 1.36. The number of Topliss-reactive ketones (excluding diaryl/α,β-unsaturated/α-hetero) is 1. The summed E-state index contributed by atoms with van der Waals surface area (Å²) in [6.07, 6.45) is 2.31. The maximum absolute atomic E-state index is 11.1. The lowest BCUT2D eigenvalue weighted by Gasteiger charge is -2.09. The maximum Gasteiger partial charge on any atom is 0.333 e. The fourth-order valence-electron chi connectivity index (χ4n) is 0.748. The highest BCUT2D eigenvalue weighted by Crippen LogP contribution is 1.92. The summed E-state index contributed by atoms with van der Waals surface area (Å²) in [5, 5.41) is 19.2. The molecule has 6 nitrogen and oxygen atoms in total. The van der Waals surface area contributed by atoms with Crippen molar-refractivity contribution in [2.75, 3.05) is 6.61 Å². The Morgan fingerprint density at radius 1 is 1.43 bits per heavy atom. The Labute approximate surface area is 80.2 Å². The summed E-state index contributed by atoms with van der Waals surface area (Å²) >= 11 is 0. The van der Waals surface area contributed by atoms with E-state index in [1.807, 2.05) is 0 Å². The molecule has 0 aliphatic heterocycles. The van der Waals surface area contributed by atoms with Gasteiger partial charge in [0.1, 0.15) is 6.29 Å². The van der Waals surface area contributed by atoms with Crippen molar-refractivity contribution < 1.29 is 24.6 Å². The molecule has 0 aromatic carbocycles. The summed E-state index contributed by atoms with van der Waals surface area (Å²) in [6, 6.07) is -1.42. The third-order valence-electron chi connectivity index (χ3n) is 1.36. The van der Waals surface area contributed by atoms with Crippen LogP contribution in [0.3, 0.4) is 0 Å².